The average molecular weight is 388 g/mol. The molecule has 0 aliphatic carbocycles. The summed E-state index contributed by atoms with van der Waals surface area (Å²) in [6.45, 7) is 2.10. The predicted octanol–water partition coefficient (Wildman–Crippen LogP) is 4.98. The number of anilines is 1. The van der Waals surface area contributed by atoms with Crippen molar-refractivity contribution in [3.05, 3.63) is 83.9 Å². The van der Waals surface area contributed by atoms with Crippen LogP contribution in [0.3, 0.4) is 0 Å². The number of hydrogen-bond acceptors (Lipinski definition) is 5. The zero-order chi connectivity index (χ0) is 20.2. The van der Waals surface area contributed by atoms with Crippen molar-refractivity contribution < 1.29 is 18.7 Å². The molecule has 4 rings (SSSR count). The number of carbonyl (C=O) groups is 1. The summed E-state index contributed by atoms with van der Waals surface area (Å²) in [5.74, 6) is 1.81. The molecule has 1 N–H and O–H groups in total. The Bertz CT molecular complexity index is 1170. The first-order valence-electron chi connectivity index (χ1n) is 9.16. The standard InChI is InChI=1S/C23H20N2O4/c1-15-12-21(19-8-3-4-9-20(19)24-15)25-23(26)22-11-10-18(29-22)14-28-17-7-5-6-16(13-17)27-2/h3-13H,14H2,1-2H3,(H,24,25,26). The number of methoxy groups -OCH3 is 1. The maximum absolute atomic E-state index is 12.7. The van der Waals surface area contributed by atoms with Gasteiger partial charge in [0, 0.05) is 17.1 Å². The van der Waals surface area contributed by atoms with Crippen molar-refractivity contribution >= 4 is 22.5 Å². The molecule has 2 aromatic carbocycles. The van der Waals surface area contributed by atoms with Gasteiger partial charge in [0.15, 0.2) is 5.76 Å². The second-order valence-corrected chi connectivity index (χ2v) is 6.52. The molecule has 0 aliphatic rings. The van der Waals surface area contributed by atoms with Gasteiger partial charge in [-0.3, -0.25) is 9.78 Å². The fourth-order valence-electron chi connectivity index (χ4n) is 3.02. The molecule has 1 amide bonds. The maximum atomic E-state index is 12.7. The molecule has 146 valence electrons. The number of carbonyl (C=O) groups excluding carboxylic acids is 1. The van der Waals surface area contributed by atoms with Gasteiger partial charge in [0.1, 0.15) is 23.9 Å². The molecule has 0 fully saturated rings. The predicted molar refractivity (Wildman–Crippen MR) is 110 cm³/mol. The summed E-state index contributed by atoms with van der Waals surface area (Å²) in [4.78, 5) is 17.1. The molecule has 0 spiro atoms. The van der Waals surface area contributed by atoms with Crippen LogP contribution in [0, 0.1) is 6.92 Å². The number of aromatic nitrogens is 1. The van der Waals surface area contributed by atoms with E-state index >= 15 is 0 Å². The number of ether oxygens (including phenoxy) is 2. The number of amides is 1. The molecule has 0 saturated heterocycles. The maximum Gasteiger partial charge on any atom is 0.291 e. The van der Waals surface area contributed by atoms with E-state index in [1.165, 1.54) is 0 Å². The van der Waals surface area contributed by atoms with Crippen molar-refractivity contribution in [1.82, 2.24) is 4.98 Å². The van der Waals surface area contributed by atoms with Gasteiger partial charge in [-0.15, -0.1) is 0 Å². The number of nitrogens with zero attached hydrogens (tertiary/aromatic N) is 1. The lowest BCUT2D eigenvalue weighted by Crippen LogP contribution is -2.11. The Morgan fingerprint density at radius 3 is 2.72 bits per heavy atom. The van der Waals surface area contributed by atoms with Gasteiger partial charge in [0.2, 0.25) is 0 Å². The van der Waals surface area contributed by atoms with E-state index in [0.29, 0.717) is 22.9 Å². The van der Waals surface area contributed by atoms with Crippen LogP contribution in [0.2, 0.25) is 0 Å². The van der Waals surface area contributed by atoms with E-state index in [9.17, 15) is 4.79 Å². The lowest BCUT2D eigenvalue weighted by Gasteiger charge is -2.09. The number of furan rings is 1. The zero-order valence-electron chi connectivity index (χ0n) is 16.1. The van der Waals surface area contributed by atoms with Crippen LogP contribution in [0.15, 0.2) is 71.1 Å². The second-order valence-electron chi connectivity index (χ2n) is 6.52. The summed E-state index contributed by atoms with van der Waals surface area (Å²) < 4.78 is 16.5. The molecule has 2 aromatic heterocycles. The number of hydrogen-bond donors (Lipinski definition) is 1. The number of fused-ring (bicyclic) bond motifs is 1. The van der Waals surface area contributed by atoms with Crippen molar-refractivity contribution in [2.75, 3.05) is 12.4 Å². The lowest BCUT2D eigenvalue weighted by atomic mass is 10.1. The molecule has 6 heteroatoms. The van der Waals surface area contributed by atoms with Crippen molar-refractivity contribution in [2.45, 2.75) is 13.5 Å². The zero-order valence-corrected chi connectivity index (χ0v) is 16.1. The smallest absolute Gasteiger partial charge is 0.291 e. The summed E-state index contributed by atoms with van der Waals surface area (Å²) in [7, 11) is 1.60. The van der Waals surface area contributed by atoms with Gasteiger partial charge in [-0.1, -0.05) is 24.3 Å². The molecule has 0 atom stereocenters. The molecule has 6 nitrogen and oxygen atoms in total. The topological polar surface area (TPSA) is 73.6 Å². The van der Waals surface area contributed by atoms with Crippen LogP contribution in [0.25, 0.3) is 10.9 Å². The van der Waals surface area contributed by atoms with E-state index in [0.717, 1.165) is 16.6 Å². The molecule has 29 heavy (non-hydrogen) atoms. The summed E-state index contributed by atoms with van der Waals surface area (Å²) in [5.41, 5.74) is 2.35. The van der Waals surface area contributed by atoms with Crippen LogP contribution in [0.4, 0.5) is 5.69 Å². The van der Waals surface area contributed by atoms with E-state index in [2.05, 4.69) is 10.3 Å². The lowest BCUT2D eigenvalue weighted by molar-refractivity contribution is 0.0993. The Balaban J connectivity index is 1.46. The molecule has 2 heterocycles. The monoisotopic (exact) mass is 388 g/mol. The van der Waals surface area contributed by atoms with Crippen molar-refractivity contribution in [3.63, 3.8) is 0 Å². The third kappa shape index (κ3) is 4.21. The molecule has 0 bridgehead atoms. The molecule has 0 unspecified atom stereocenters. The quantitative estimate of drug-likeness (QED) is 0.504. The third-order valence-corrected chi connectivity index (χ3v) is 4.40. The van der Waals surface area contributed by atoms with Crippen LogP contribution in [-0.4, -0.2) is 18.0 Å². The Labute approximate surface area is 168 Å². The molecule has 4 aromatic rings. The summed E-state index contributed by atoms with van der Waals surface area (Å²) in [6.07, 6.45) is 0. The molecule has 0 saturated carbocycles. The summed E-state index contributed by atoms with van der Waals surface area (Å²) in [5, 5.41) is 3.79. The Kier molecular flexibility index (Phi) is 5.16. The average Bonchev–Trinajstić information content (AvgIpc) is 3.21. The molecule has 0 aliphatic heterocycles. The van der Waals surface area contributed by atoms with Gasteiger partial charge in [0.25, 0.3) is 5.91 Å². The molecular weight excluding hydrogens is 368 g/mol. The minimum absolute atomic E-state index is 0.206. The number of benzene rings is 2. The Hall–Kier alpha value is -3.80. The minimum Gasteiger partial charge on any atom is -0.497 e. The SMILES string of the molecule is COc1cccc(OCc2ccc(C(=O)Nc3cc(C)nc4ccccc34)o2)c1. The van der Waals surface area contributed by atoms with Gasteiger partial charge in [0.05, 0.1) is 18.3 Å². The van der Waals surface area contributed by atoms with Crippen molar-refractivity contribution in [1.29, 1.82) is 0 Å². The highest BCUT2D eigenvalue weighted by Gasteiger charge is 2.14. The highest BCUT2D eigenvalue weighted by Crippen LogP contribution is 2.24. The number of nitrogens with one attached hydrogen (secondary N) is 1. The first-order chi connectivity index (χ1) is 14.1. The van der Waals surface area contributed by atoms with Gasteiger partial charge in [-0.25, -0.2) is 0 Å². The van der Waals surface area contributed by atoms with Crippen LogP contribution in [-0.2, 0) is 6.61 Å². The number of rotatable bonds is 6. The number of pyridine rings is 1. The van der Waals surface area contributed by atoms with E-state index < -0.39 is 0 Å². The highest BCUT2D eigenvalue weighted by atomic mass is 16.5. The minimum atomic E-state index is -0.326. The van der Waals surface area contributed by atoms with Crippen LogP contribution < -0.4 is 14.8 Å². The highest BCUT2D eigenvalue weighted by molar-refractivity contribution is 6.07. The second kappa shape index (κ2) is 8.06. The van der Waals surface area contributed by atoms with E-state index in [1.54, 1.807) is 25.3 Å². The fourth-order valence-corrected chi connectivity index (χ4v) is 3.02. The Morgan fingerprint density at radius 1 is 1.03 bits per heavy atom. The summed E-state index contributed by atoms with van der Waals surface area (Å²) in [6, 6.07) is 20.2. The van der Waals surface area contributed by atoms with E-state index in [1.807, 2.05) is 55.5 Å². The van der Waals surface area contributed by atoms with Gasteiger partial charge < -0.3 is 19.2 Å². The first-order valence-corrected chi connectivity index (χ1v) is 9.16. The fraction of sp³-hybridized carbons (Fsp3) is 0.130. The molecule has 0 radical (unpaired) electrons. The van der Waals surface area contributed by atoms with Gasteiger partial charge >= 0.3 is 0 Å². The molecular formula is C23H20N2O4. The van der Waals surface area contributed by atoms with Gasteiger partial charge in [-0.2, -0.15) is 0 Å². The normalized spacial score (nSPS) is 10.7. The van der Waals surface area contributed by atoms with E-state index in [4.69, 9.17) is 13.9 Å². The summed E-state index contributed by atoms with van der Waals surface area (Å²) >= 11 is 0. The van der Waals surface area contributed by atoms with Crippen LogP contribution in [0.1, 0.15) is 22.0 Å². The van der Waals surface area contributed by atoms with Crippen molar-refractivity contribution in [3.8, 4) is 11.5 Å². The third-order valence-electron chi connectivity index (χ3n) is 4.40. The number of aryl methyl sites for hydroxylation is 1. The largest absolute Gasteiger partial charge is 0.497 e. The van der Waals surface area contributed by atoms with E-state index in [-0.39, 0.29) is 18.3 Å². The Morgan fingerprint density at radius 2 is 1.86 bits per heavy atom. The van der Waals surface area contributed by atoms with Gasteiger partial charge in [-0.05, 0) is 43.3 Å². The first kappa shape index (κ1) is 18.6. The van der Waals surface area contributed by atoms with Crippen LogP contribution >= 0.6 is 0 Å². The van der Waals surface area contributed by atoms with Crippen LogP contribution in [0.5, 0.6) is 11.5 Å². The van der Waals surface area contributed by atoms with Crippen molar-refractivity contribution in [2.24, 2.45) is 0 Å². The number of para-hydroxylation sites is 1.